The van der Waals surface area contributed by atoms with Gasteiger partial charge in [-0.3, -0.25) is 4.99 Å². The van der Waals surface area contributed by atoms with Gasteiger partial charge in [-0.25, -0.2) is 0 Å². The topological polar surface area (TPSA) is 12.4 Å². The molecule has 1 atom stereocenters. The van der Waals surface area contributed by atoms with Gasteiger partial charge in [0.05, 0.1) is 0 Å². The normalized spacial score (nSPS) is 15.4. The fraction of sp³-hybridized carbons (Fsp3) is 0.850. The molecule has 0 spiro atoms. The van der Waals surface area contributed by atoms with Crippen molar-refractivity contribution in [3.8, 4) is 0 Å². The van der Waals surface area contributed by atoms with Crippen LogP contribution in [0.15, 0.2) is 16.8 Å². The summed E-state index contributed by atoms with van der Waals surface area (Å²) in [6, 6.07) is 0. The summed E-state index contributed by atoms with van der Waals surface area (Å²) in [4.78, 5) is 4.85. The Hall–Kier alpha value is -0.590. The minimum atomic E-state index is 0.223. The standard InChI is InChI=1S/C20H39N/c1-8-11-12-14-17(4)21-18(5)20(6,7)16-15-19(10-3)13-9-2/h14,19H,8-13,15-16H2,1-7H3/b17-14-,21-18?. The lowest BCUT2D eigenvalue weighted by atomic mass is 9.79. The van der Waals surface area contributed by atoms with E-state index in [2.05, 4.69) is 54.5 Å². The smallest absolute Gasteiger partial charge is 0.0332 e. The van der Waals surface area contributed by atoms with E-state index in [1.165, 1.54) is 56.4 Å². The summed E-state index contributed by atoms with van der Waals surface area (Å²) in [7, 11) is 0. The zero-order chi connectivity index (χ0) is 16.3. The van der Waals surface area contributed by atoms with Crippen molar-refractivity contribution in [2.24, 2.45) is 16.3 Å². The van der Waals surface area contributed by atoms with Crippen LogP contribution < -0.4 is 0 Å². The molecule has 0 bridgehead atoms. The predicted molar refractivity (Wildman–Crippen MR) is 98.1 cm³/mol. The highest BCUT2D eigenvalue weighted by atomic mass is 14.8. The predicted octanol–water partition coefficient (Wildman–Crippen LogP) is 7.17. The summed E-state index contributed by atoms with van der Waals surface area (Å²) in [6.45, 7) is 15.9. The van der Waals surface area contributed by atoms with E-state index in [4.69, 9.17) is 4.99 Å². The Balaban J connectivity index is 4.55. The molecule has 0 N–H and O–H groups in total. The highest BCUT2D eigenvalue weighted by Crippen LogP contribution is 2.30. The van der Waals surface area contributed by atoms with Crippen LogP contribution in [0.4, 0.5) is 0 Å². The molecule has 0 aliphatic heterocycles. The van der Waals surface area contributed by atoms with Crippen molar-refractivity contribution < 1.29 is 0 Å². The van der Waals surface area contributed by atoms with E-state index in [0.717, 1.165) is 12.3 Å². The average Bonchev–Trinajstić information content (AvgIpc) is 2.43. The number of hydrogen-bond acceptors (Lipinski definition) is 1. The van der Waals surface area contributed by atoms with Crippen LogP contribution in [-0.4, -0.2) is 5.71 Å². The lowest BCUT2D eigenvalue weighted by Gasteiger charge is -2.27. The van der Waals surface area contributed by atoms with E-state index < -0.39 is 0 Å². The molecular weight excluding hydrogens is 254 g/mol. The second-order valence-electron chi connectivity index (χ2n) is 7.17. The number of unbranched alkanes of at least 4 members (excludes halogenated alkanes) is 2. The van der Waals surface area contributed by atoms with Gasteiger partial charge >= 0.3 is 0 Å². The molecule has 0 aliphatic rings. The first-order chi connectivity index (χ1) is 9.87. The van der Waals surface area contributed by atoms with Crippen LogP contribution >= 0.6 is 0 Å². The molecule has 0 saturated heterocycles. The van der Waals surface area contributed by atoms with Gasteiger partial charge in [0.2, 0.25) is 0 Å². The van der Waals surface area contributed by atoms with Crippen LogP contribution in [0.1, 0.15) is 99.8 Å². The Morgan fingerprint density at radius 3 is 2.24 bits per heavy atom. The minimum Gasteiger partial charge on any atom is -0.263 e. The summed E-state index contributed by atoms with van der Waals surface area (Å²) in [5.74, 6) is 0.892. The zero-order valence-corrected chi connectivity index (χ0v) is 15.8. The number of rotatable bonds is 11. The molecule has 0 saturated carbocycles. The molecular formula is C20H39N. The Bertz CT molecular complexity index is 323. The van der Waals surface area contributed by atoms with Crippen molar-refractivity contribution in [2.75, 3.05) is 0 Å². The van der Waals surface area contributed by atoms with Gasteiger partial charge in [0.25, 0.3) is 0 Å². The van der Waals surface area contributed by atoms with Gasteiger partial charge in [0.15, 0.2) is 0 Å². The van der Waals surface area contributed by atoms with Gasteiger partial charge in [0.1, 0.15) is 0 Å². The van der Waals surface area contributed by atoms with Crippen LogP contribution in [0, 0.1) is 11.3 Å². The molecule has 0 aromatic rings. The molecule has 0 heterocycles. The van der Waals surface area contributed by atoms with Gasteiger partial charge in [0, 0.05) is 16.8 Å². The van der Waals surface area contributed by atoms with Crippen molar-refractivity contribution in [1.82, 2.24) is 0 Å². The maximum absolute atomic E-state index is 4.85. The van der Waals surface area contributed by atoms with E-state index >= 15 is 0 Å². The minimum absolute atomic E-state index is 0.223. The van der Waals surface area contributed by atoms with Gasteiger partial charge in [-0.2, -0.15) is 0 Å². The maximum Gasteiger partial charge on any atom is 0.0332 e. The van der Waals surface area contributed by atoms with Crippen molar-refractivity contribution in [3.05, 3.63) is 11.8 Å². The first-order valence-corrected chi connectivity index (χ1v) is 9.09. The molecule has 0 aromatic carbocycles. The fourth-order valence-electron chi connectivity index (χ4n) is 2.68. The van der Waals surface area contributed by atoms with E-state index in [-0.39, 0.29) is 5.41 Å². The molecule has 124 valence electrons. The quantitative estimate of drug-likeness (QED) is 0.283. The third-order valence-corrected chi connectivity index (χ3v) is 4.77. The average molecular weight is 294 g/mol. The molecule has 1 nitrogen and oxygen atoms in total. The largest absolute Gasteiger partial charge is 0.263 e. The van der Waals surface area contributed by atoms with E-state index in [1.807, 2.05) is 0 Å². The van der Waals surface area contributed by atoms with Gasteiger partial charge in [-0.15, -0.1) is 0 Å². The van der Waals surface area contributed by atoms with Crippen molar-refractivity contribution in [2.45, 2.75) is 99.8 Å². The third-order valence-electron chi connectivity index (χ3n) is 4.77. The fourth-order valence-corrected chi connectivity index (χ4v) is 2.68. The Kier molecular flexibility index (Phi) is 10.7. The van der Waals surface area contributed by atoms with Crippen LogP contribution in [0.25, 0.3) is 0 Å². The second kappa shape index (κ2) is 11.0. The van der Waals surface area contributed by atoms with Crippen molar-refractivity contribution in [1.29, 1.82) is 0 Å². The van der Waals surface area contributed by atoms with E-state index in [9.17, 15) is 0 Å². The number of hydrogen-bond donors (Lipinski definition) is 0. The maximum atomic E-state index is 4.85. The Morgan fingerprint density at radius 2 is 1.71 bits per heavy atom. The van der Waals surface area contributed by atoms with Gasteiger partial charge in [-0.1, -0.05) is 72.8 Å². The first kappa shape index (κ1) is 20.4. The van der Waals surface area contributed by atoms with Crippen LogP contribution in [-0.2, 0) is 0 Å². The molecule has 1 unspecified atom stereocenters. The molecule has 0 fully saturated rings. The number of nitrogens with zero attached hydrogens (tertiary/aromatic N) is 1. The molecule has 1 heteroatoms. The molecule has 0 amide bonds. The van der Waals surface area contributed by atoms with Crippen molar-refractivity contribution in [3.63, 3.8) is 0 Å². The summed E-state index contributed by atoms with van der Waals surface area (Å²) < 4.78 is 0. The number of allylic oxidation sites excluding steroid dienone is 2. The van der Waals surface area contributed by atoms with Crippen LogP contribution in [0.5, 0.6) is 0 Å². The highest BCUT2D eigenvalue weighted by molar-refractivity contribution is 5.88. The molecule has 0 aliphatic carbocycles. The van der Waals surface area contributed by atoms with Gasteiger partial charge in [-0.05, 0) is 39.0 Å². The van der Waals surface area contributed by atoms with E-state index in [0.29, 0.717) is 0 Å². The summed E-state index contributed by atoms with van der Waals surface area (Å²) in [6.07, 6.45) is 12.6. The SMILES string of the molecule is CCCC/C=C(/C)N=C(C)C(C)(C)CCC(CC)CCC. The van der Waals surface area contributed by atoms with E-state index in [1.54, 1.807) is 0 Å². The molecule has 0 rings (SSSR count). The molecule has 21 heavy (non-hydrogen) atoms. The Morgan fingerprint density at radius 1 is 1.05 bits per heavy atom. The molecule has 0 aromatic heterocycles. The van der Waals surface area contributed by atoms with Crippen LogP contribution in [0.3, 0.4) is 0 Å². The summed E-state index contributed by atoms with van der Waals surface area (Å²) >= 11 is 0. The van der Waals surface area contributed by atoms with Crippen LogP contribution in [0.2, 0.25) is 0 Å². The number of aliphatic imine (C=N–C) groups is 1. The lowest BCUT2D eigenvalue weighted by Crippen LogP contribution is -2.23. The summed E-state index contributed by atoms with van der Waals surface area (Å²) in [5, 5.41) is 0. The first-order valence-electron chi connectivity index (χ1n) is 9.09. The second-order valence-corrected chi connectivity index (χ2v) is 7.17. The monoisotopic (exact) mass is 293 g/mol. The highest BCUT2D eigenvalue weighted by Gasteiger charge is 2.22. The summed E-state index contributed by atoms with van der Waals surface area (Å²) in [5.41, 5.74) is 2.70. The molecule has 0 radical (unpaired) electrons. The Labute approximate surface area is 134 Å². The lowest BCUT2D eigenvalue weighted by molar-refractivity contribution is 0.353. The zero-order valence-electron chi connectivity index (χ0n) is 15.8. The van der Waals surface area contributed by atoms with Crippen molar-refractivity contribution >= 4 is 5.71 Å². The third kappa shape index (κ3) is 9.11. The van der Waals surface area contributed by atoms with Gasteiger partial charge < -0.3 is 0 Å².